The number of benzene rings is 2. The molecule has 1 N–H and O–H groups in total. The molecule has 4 rings (SSSR count). The Morgan fingerprint density at radius 1 is 1.16 bits per heavy atom. The molecule has 31 heavy (non-hydrogen) atoms. The van der Waals surface area contributed by atoms with Gasteiger partial charge in [0.15, 0.2) is 0 Å². The summed E-state index contributed by atoms with van der Waals surface area (Å²) in [5, 5.41) is 10.5. The number of pyridine rings is 1. The highest BCUT2D eigenvalue weighted by Gasteiger charge is 2.24. The molecule has 1 fully saturated rings. The fraction of sp³-hybridized carbons (Fsp3) is 0.304. The van der Waals surface area contributed by atoms with Crippen molar-refractivity contribution in [1.29, 1.82) is 0 Å². The van der Waals surface area contributed by atoms with Gasteiger partial charge in [0, 0.05) is 37.5 Å². The van der Waals surface area contributed by atoms with Crippen LogP contribution >= 0.6 is 15.9 Å². The van der Waals surface area contributed by atoms with Crippen molar-refractivity contribution in [2.24, 2.45) is 0 Å². The second-order valence-electron chi connectivity index (χ2n) is 7.55. The number of hydrogen-bond acceptors (Lipinski definition) is 4. The summed E-state index contributed by atoms with van der Waals surface area (Å²) in [4.78, 5) is 25.5. The van der Waals surface area contributed by atoms with Crippen molar-refractivity contribution in [3.8, 4) is 11.5 Å². The molecule has 1 aliphatic heterocycles. The van der Waals surface area contributed by atoms with Crippen LogP contribution in [0.1, 0.15) is 18.4 Å². The van der Waals surface area contributed by atoms with Crippen molar-refractivity contribution in [2.75, 3.05) is 20.2 Å². The Balaban J connectivity index is 1.53. The van der Waals surface area contributed by atoms with E-state index in [9.17, 15) is 9.59 Å². The average molecular weight is 487 g/mol. The van der Waals surface area contributed by atoms with E-state index in [1.165, 1.54) is 4.90 Å². The largest absolute Gasteiger partial charge is 0.497 e. The van der Waals surface area contributed by atoms with Crippen molar-refractivity contribution in [3.63, 3.8) is 0 Å². The summed E-state index contributed by atoms with van der Waals surface area (Å²) >= 11 is 3.53. The number of amides is 1. The Bertz CT molecular complexity index is 1150. The Morgan fingerprint density at radius 2 is 1.87 bits per heavy atom. The minimum absolute atomic E-state index is 0.0557. The number of fused-ring (bicyclic) bond motifs is 1. The number of nitrogens with zero attached hydrogens (tertiary/aromatic N) is 2. The third-order valence-corrected chi connectivity index (χ3v) is 6.17. The van der Waals surface area contributed by atoms with E-state index < -0.39 is 6.09 Å². The fourth-order valence-corrected chi connectivity index (χ4v) is 4.21. The van der Waals surface area contributed by atoms with Crippen LogP contribution in [0.25, 0.3) is 10.8 Å². The summed E-state index contributed by atoms with van der Waals surface area (Å²) < 4.78 is 13.7. The van der Waals surface area contributed by atoms with Crippen molar-refractivity contribution in [1.82, 2.24) is 9.47 Å². The topological polar surface area (TPSA) is 81.0 Å². The Hall–Kier alpha value is -3.00. The van der Waals surface area contributed by atoms with Crippen LogP contribution in [0.15, 0.2) is 57.9 Å². The van der Waals surface area contributed by atoms with E-state index in [-0.39, 0.29) is 11.7 Å². The van der Waals surface area contributed by atoms with Crippen LogP contribution in [-0.4, -0.2) is 47.0 Å². The predicted octanol–water partition coefficient (Wildman–Crippen LogP) is 4.34. The number of aromatic nitrogens is 1. The van der Waals surface area contributed by atoms with E-state index in [2.05, 4.69) is 15.9 Å². The Kier molecular flexibility index (Phi) is 6.18. The van der Waals surface area contributed by atoms with E-state index in [1.54, 1.807) is 23.9 Å². The van der Waals surface area contributed by atoms with Crippen LogP contribution in [0.2, 0.25) is 0 Å². The highest BCUT2D eigenvalue weighted by atomic mass is 79.9. The average Bonchev–Trinajstić information content (AvgIpc) is 2.78. The normalized spacial score (nSPS) is 14.6. The first-order valence-corrected chi connectivity index (χ1v) is 10.8. The lowest BCUT2D eigenvalue weighted by Gasteiger charge is -2.30. The smallest absolute Gasteiger partial charge is 0.407 e. The van der Waals surface area contributed by atoms with Gasteiger partial charge >= 0.3 is 6.09 Å². The minimum atomic E-state index is -0.892. The monoisotopic (exact) mass is 486 g/mol. The lowest BCUT2D eigenvalue weighted by Crippen LogP contribution is -2.41. The summed E-state index contributed by atoms with van der Waals surface area (Å²) in [6.45, 7) is 1.39. The number of ether oxygens (including phenoxy) is 2. The molecule has 0 spiro atoms. The quantitative estimate of drug-likeness (QED) is 0.579. The van der Waals surface area contributed by atoms with Gasteiger partial charge in [0.05, 0.1) is 18.1 Å². The summed E-state index contributed by atoms with van der Waals surface area (Å²) in [6, 6.07) is 13.2. The van der Waals surface area contributed by atoms with Gasteiger partial charge in [-0.3, -0.25) is 4.79 Å². The molecule has 3 aromatic rings. The molecule has 0 atom stereocenters. The zero-order valence-corrected chi connectivity index (χ0v) is 18.7. The molecule has 7 nitrogen and oxygen atoms in total. The molecule has 2 aromatic carbocycles. The molecule has 0 saturated carbocycles. The van der Waals surface area contributed by atoms with Gasteiger partial charge in [-0.2, -0.15) is 0 Å². The second-order valence-corrected chi connectivity index (χ2v) is 8.41. The maximum atomic E-state index is 13.0. The molecule has 0 bridgehead atoms. The number of carbonyl (C=O) groups is 1. The van der Waals surface area contributed by atoms with Gasteiger partial charge in [-0.05, 0) is 57.2 Å². The molecule has 1 aromatic heterocycles. The zero-order valence-electron chi connectivity index (χ0n) is 17.1. The first-order chi connectivity index (χ1) is 14.9. The van der Waals surface area contributed by atoms with Crippen LogP contribution in [0.4, 0.5) is 4.79 Å². The third-order valence-electron chi connectivity index (χ3n) is 5.55. The van der Waals surface area contributed by atoms with Crippen molar-refractivity contribution >= 4 is 32.8 Å². The molecular weight excluding hydrogens is 464 g/mol. The highest BCUT2D eigenvalue weighted by Crippen LogP contribution is 2.31. The standard InChI is InChI=1S/C23H23BrN2O5/c1-30-17-4-2-15(3-5-17)14-26-9-6-16-12-21(20(24)13-19(16)22(26)27)31-18-7-10-25(11-8-18)23(28)29/h2-6,9,12-13,18H,7-8,10-11,14H2,1H3,(H,28,29). The number of piperidine rings is 1. The Morgan fingerprint density at radius 3 is 2.52 bits per heavy atom. The van der Waals surface area contributed by atoms with Crippen molar-refractivity contribution in [2.45, 2.75) is 25.5 Å². The molecule has 0 radical (unpaired) electrons. The van der Waals surface area contributed by atoms with Crippen LogP contribution < -0.4 is 15.0 Å². The fourth-order valence-electron chi connectivity index (χ4n) is 3.77. The van der Waals surface area contributed by atoms with Gasteiger partial charge in [0.2, 0.25) is 0 Å². The van der Waals surface area contributed by atoms with Gasteiger partial charge < -0.3 is 24.0 Å². The molecule has 0 aliphatic carbocycles. The summed E-state index contributed by atoms with van der Waals surface area (Å²) in [5.74, 6) is 1.44. The van der Waals surface area contributed by atoms with E-state index in [1.807, 2.05) is 36.4 Å². The molecule has 0 unspecified atom stereocenters. The molecule has 8 heteroatoms. The maximum absolute atomic E-state index is 13.0. The lowest BCUT2D eigenvalue weighted by atomic mass is 10.1. The lowest BCUT2D eigenvalue weighted by molar-refractivity contribution is 0.0892. The predicted molar refractivity (Wildman–Crippen MR) is 121 cm³/mol. The van der Waals surface area contributed by atoms with Gasteiger partial charge in [0.25, 0.3) is 5.56 Å². The number of carboxylic acid groups (broad SMARTS) is 1. The molecule has 162 valence electrons. The Labute approximate surface area is 187 Å². The van der Waals surface area contributed by atoms with E-state index in [4.69, 9.17) is 14.6 Å². The van der Waals surface area contributed by atoms with Gasteiger partial charge in [-0.15, -0.1) is 0 Å². The highest BCUT2D eigenvalue weighted by molar-refractivity contribution is 9.10. The maximum Gasteiger partial charge on any atom is 0.407 e. The van der Waals surface area contributed by atoms with Crippen molar-refractivity contribution in [3.05, 3.63) is 69.1 Å². The summed E-state index contributed by atoms with van der Waals surface area (Å²) in [6.07, 6.45) is 2.12. The summed E-state index contributed by atoms with van der Waals surface area (Å²) in [5.41, 5.74) is 0.935. The van der Waals surface area contributed by atoms with Crippen molar-refractivity contribution < 1.29 is 19.4 Å². The number of methoxy groups -OCH3 is 1. The molecule has 2 heterocycles. The van der Waals surface area contributed by atoms with E-state index in [0.29, 0.717) is 48.1 Å². The van der Waals surface area contributed by atoms with Crippen LogP contribution in [-0.2, 0) is 6.54 Å². The molecule has 1 saturated heterocycles. The summed E-state index contributed by atoms with van der Waals surface area (Å²) in [7, 11) is 1.62. The SMILES string of the molecule is COc1ccc(Cn2ccc3cc(OC4CCN(C(=O)O)CC4)c(Br)cc3c2=O)cc1. The number of halogens is 1. The minimum Gasteiger partial charge on any atom is -0.497 e. The zero-order chi connectivity index (χ0) is 22.0. The number of rotatable bonds is 5. The third kappa shape index (κ3) is 4.69. The van der Waals surface area contributed by atoms with E-state index in [0.717, 1.165) is 16.7 Å². The second kappa shape index (κ2) is 9.01. The van der Waals surface area contributed by atoms with Crippen LogP contribution in [0.3, 0.4) is 0 Å². The first kappa shape index (κ1) is 21.2. The number of likely N-dealkylation sites (tertiary alicyclic amines) is 1. The van der Waals surface area contributed by atoms with Gasteiger partial charge in [-0.1, -0.05) is 12.1 Å². The molecule has 1 aliphatic rings. The molecule has 1 amide bonds. The van der Waals surface area contributed by atoms with Gasteiger partial charge in [-0.25, -0.2) is 4.79 Å². The van der Waals surface area contributed by atoms with E-state index >= 15 is 0 Å². The first-order valence-electron chi connectivity index (χ1n) is 10.0. The molecular formula is C23H23BrN2O5. The van der Waals surface area contributed by atoms with Crippen LogP contribution in [0.5, 0.6) is 11.5 Å². The van der Waals surface area contributed by atoms with Gasteiger partial charge in [0.1, 0.15) is 17.6 Å². The van der Waals surface area contributed by atoms with Crippen LogP contribution in [0, 0.1) is 0 Å². The number of hydrogen-bond donors (Lipinski definition) is 1.